The van der Waals surface area contributed by atoms with Crippen LogP contribution in [0.4, 0.5) is 4.79 Å². The van der Waals surface area contributed by atoms with Gasteiger partial charge in [-0.15, -0.1) is 6.58 Å². The van der Waals surface area contributed by atoms with Crippen LogP contribution in [0, 0.1) is 0 Å². The number of nitrogens with zero attached hydrogens (tertiary/aromatic N) is 5. The number of aryl methyl sites for hydroxylation is 1. The van der Waals surface area contributed by atoms with Gasteiger partial charge in [0.25, 0.3) is 5.91 Å². The molecule has 3 aliphatic rings. The van der Waals surface area contributed by atoms with Gasteiger partial charge in [0, 0.05) is 57.3 Å². The van der Waals surface area contributed by atoms with Crippen molar-refractivity contribution in [1.82, 2.24) is 35.0 Å². The molecule has 3 aromatic rings. The van der Waals surface area contributed by atoms with Crippen LogP contribution in [0.15, 0.2) is 61.3 Å². The number of piperazine rings is 1. The summed E-state index contributed by atoms with van der Waals surface area (Å²) in [6, 6.07) is 11.7. The minimum absolute atomic E-state index is 0.0783. The van der Waals surface area contributed by atoms with Crippen LogP contribution in [-0.4, -0.2) is 110 Å². The Kier molecular flexibility index (Phi) is 9.90. The quantitative estimate of drug-likeness (QED) is 0.308. The Morgan fingerprint density at radius 2 is 1.82 bits per heavy atom. The van der Waals surface area contributed by atoms with E-state index in [1.807, 2.05) is 61.8 Å². The third kappa shape index (κ3) is 7.48. The molecular formula is C37H47N7O6. The Morgan fingerprint density at radius 3 is 2.50 bits per heavy atom. The molecule has 4 heterocycles. The fourth-order valence-electron chi connectivity index (χ4n) is 7.21. The Bertz CT molecular complexity index is 1770. The Balaban J connectivity index is 1.20. The molecule has 50 heavy (non-hydrogen) atoms. The third-order valence-electron chi connectivity index (χ3n) is 9.50. The van der Waals surface area contributed by atoms with E-state index in [2.05, 4.69) is 17.3 Å². The molecule has 0 radical (unpaired) electrons. The SMILES string of the molecule is C=CCN1CC(=O)N2[C@H](CN(Cc3cccc4c(C(=O)NC5CCN(C(=O)OC(C)(C)C)CC5)cn(C)c34)C(=O)[C@@H]2Cc2ccc(O)cc2)N1. The van der Waals surface area contributed by atoms with E-state index in [9.17, 15) is 24.3 Å². The van der Waals surface area contributed by atoms with Crippen LogP contribution in [0.25, 0.3) is 10.9 Å². The summed E-state index contributed by atoms with van der Waals surface area (Å²) in [6.45, 7) is 11.5. The minimum atomic E-state index is -0.736. The number of aromatic nitrogens is 1. The Morgan fingerprint density at radius 1 is 1.10 bits per heavy atom. The summed E-state index contributed by atoms with van der Waals surface area (Å²) in [7, 11) is 1.89. The predicted octanol–water partition coefficient (Wildman–Crippen LogP) is 3.13. The second-order valence-corrected chi connectivity index (χ2v) is 14.4. The van der Waals surface area contributed by atoms with Crippen LogP contribution in [-0.2, 0) is 34.3 Å². The minimum Gasteiger partial charge on any atom is -0.508 e. The molecule has 2 atom stereocenters. The molecule has 0 saturated carbocycles. The number of ether oxygens (including phenoxy) is 1. The number of carbonyl (C=O) groups excluding carboxylic acids is 4. The second-order valence-electron chi connectivity index (χ2n) is 14.4. The second kappa shape index (κ2) is 14.2. The molecule has 13 heteroatoms. The van der Waals surface area contributed by atoms with Crippen molar-refractivity contribution >= 4 is 34.7 Å². The van der Waals surface area contributed by atoms with Crippen LogP contribution in [0.5, 0.6) is 5.75 Å². The maximum Gasteiger partial charge on any atom is 0.410 e. The highest BCUT2D eigenvalue weighted by Gasteiger charge is 2.46. The average Bonchev–Trinajstić information content (AvgIpc) is 3.40. The number of benzene rings is 2. The lowest BCUT2D eigenvalue weighted by atomic mass is 9.98. The monoisotopic (exact) mass is 685 g/mol. The number of rotatable bonds is 8. The van der Waals surface area contributed by atoms with Crippen LogP contribution < -0.4 is 10.7 Å². The summed E-state index contributed by atoms with van der Waals surface area (Å²) in [5.41, 5.74) is 5.96. The zero-order chi connectivity index (χ0) is 35.7. The van der Waals surface area contributed by atoms with Crippen LogP contribution in [0.3, 0.4) is 0 Å². The van der Waals surface area contributed by atoms with Crippen molar-refractivity contribution in [2.75, 3.05) is 32.7 Å². The molecule has 6 rings (SSSR count). The maximum atomic E-state index is 14.2. The van der Waals surface area contributed by atoms with Gasteiger partial charge in [-0.05, 0) is 56.9 Å². The van der Waals surface area contributed by atoms with Crippen molar-refractivity contribution in [3.05, 3.63) is 78.0 Å². The number of phenolic OH excluding ortho intramolecular Hbond substituents is 1. The molecule has 3 N–H and O–H groups in total. The fraction of sp³-hybridized carbons (Fsp3) is 0.459. The summed E-state index contributed by atoms with van der Waals surface area (Å²) in [6.07, 6.45) is 4.33. The van der Waals surface area contributed by atoms with E-state index in [0.717, 1.165) is 22.0 Å². The van der Waals surface area contributed by atoms with Crippen LogP contribution >= 0.6 is 0 Å². The molecule has 2 aromatic carbocycles. The van der Waals surface area contributed by atoms with Crippen LogP contribution in [0.1, 0.15) is 55.1 Å². The molecule has 0 unspecified atom stereocenters. The van der Waals surface area contributed by atoms with Gasteiger partial charge in [-0.2, -0.15) is 0 Å². The molecule has 0 spiro atoms. The number of hydrazine groups is 1. The smallest absolute Gasteiger partial charge is 0.410 e. The number of piperidine rings is 1. The number of carbonyl (C=O) groups is 4. The largest absolute Gasteiger partial charge is 0.508 e. The maximum absolute atomic E-state index is 14.2. The van der Waals surface area contributed by atoms with Crippen molar-refractivity contribution in [2.24, 2.45) is 7.05 Å². The highest BCUT2D eigenvalue weighted by Crippen LogP contribution is 2.29. The van der Waals surface area contributed by atoms with E-state index in [1.54, 1.807) is 45.0 Å². The molecule has 4 amide bonds. The summed E-state index contributed by atoms with van der Waals surface area (Å²) in [4.78, 5) is 58.9. The number of nitrogens with one attached hydrogen (secondary N) is 2. The number of fused-ring (bicyclic) bond motifs is 2. The molecule has 266 valence electrons. The van der Waals surface area contributed by atoms with E-state index in [0.29, 0.717) is 44.5 Å². The van der Waals surface area contributed by atoms with Gasteiger partial charge in [-0.25, -0.2) is 15.2 Å². The van der Waals surface area contributed by atoms with E-state index in [4.69, 9.17) is 4.74 Å². The summed E-state index contributed by atoms with van der Waals surface area (Å²) < 4.78 is 7.43. The number of amides is 4. The van der Waals surface area contributed by atoms with Crippen molar-refractivity contribution in [3.8, 4) is 5.75 Å². The third-order valence-corrected chi connectivity index (χ3v) is 9.50. The van der Waals surface area contributed by atoms with Gasteiger partial charge >= 0.3 is 6.09 Å². The molecule has 1 aromatic heterocycles. The number of aromatic hydroxyl groups is 1. The molecule has 0 aliphatic carbocycles. The van der Waals surface area contributed by atoms with Crippen molar-refractivity contribution in [1.29, 1.82) is 0 Å². The molecule has 3 saturated heterocycles. The molecule has 3 fully saturated rings. The molecule has 3 aliphatic heterocycles. The zero-order valence-corrected chi connectivity index (χ0v) is 29.2. The zero-order valence-electron chi connectivity index (χ0n) is 29.2. The van der Waals surface area contributed by atoms with Crippen molar-refractivity contribution in [3.63, 3.8) is 0 Å². The van der Waals surface area contributed by atoms with Gasteiger partial charge in [0.1, 0.15) is 23.6 Å². The number of likely N-dealkylation sites (tertiary alicyclic amines) is 1. The van der Waals surface area contributed by atoms with Gasteiger partial charge in [-0.3, -0.25) is 14.4 Å². The molecular weight excluding hydrogens is 638 g/mol. The average molecular weight is 686 g/mol. The van der Waals surface area contributed by atoms with Gasteiger partial charge in [0.15, 0.2) is 0 Å². The number of para-hydroxylation sites is 1. The topological polar surface area (TPSA) is 140 Å². The summed E-state index contributed by atoms with van der Waals surface area (Å²) >= 11 is 0. The van der Waals surface area contributed by atoms with Crippen molar-refractivity contribution < 1.29 is 29.0 Å². The highest BCUT2D eigenvalue weighted by atomic mass is 16.6. The summed E-state index contributed by atoms with van der Waals surface area (Å²) in [5, 5.41) is 15.6. The van der Waals surface area contributed by atoms with Crippen LogP contribution in [0.2, 0.25) is 0 Å². The lowest BCUT2D eigenvalue weighted by Crippen LogP contribution is -2.74. The first-order valence-corrected chi connectivity index (χ1v) is 17.2. The normalized spacial score (nSPS) is 20.6. The fourth-order valence-corrected chi connectivity index (χ4v) is 7.21. The Labute approximate surface area is 292 Å². The predicted molar refractivity (Wildman–Crippen MR) is 188 cm³/mol. The summed E-state index contributed by atoms with van der Waals surface area (Å²) in [5.74, 6) is -0.354. The number of hydrogen-bond acceptors (Lipinski definition) is 8. The van der Waals surface area contributed by atoms with Gasteiger partial charge in [0.2, 0.25) is 11.8 Å². The van der Waals surface area contributed by atoms with Crippen molar-refractivity contribution in [2.45, 2.75) is 70.4 Å². The van der Waals surface area contributed by atoms with E-state index in [1.165, 1.54) is 0 Å². The van der Waals surface area contributed by atoms with E-state index in [-0.39, 0.29) is 55.2 Å². The number of hydrogen-bond donors (Lipinski definition) is 3. The Hall–Kier alpha value is -4.88. The number of phenols is 1. The highest BCUT2D eigenvalue weighted by molar-refractivity contribution is 6.08. The van der Waals surface area contributed by atoms with E-state index >= 15 is 0 Å². The van der Waals surface area contributed by atoms with E-state index < -0.39 is 17.8 Å². The molecule has 13 nitrogen and oxygen atoms in total. The lowest BCUT2D eigenvalue weighted by Gasteiger charge is -2.50. The first-order chi connectivity index (χ1) is 23.8. The van der Waals surface area contributed by atoms with Gasteiger partial charge < -0.3 is 34.4 Å². The molecule has 0 bridgehead atoms. The standard InChI is InChI=1S/C37H47N7O6/c1-6-16-43-23-32(46)44-30(19-24-10-12-27(45)13-11-24)35(48)42(22-31(44)39-43)20-25-8-7-9-28-29(21-40(5)33(25)28)34(47)38-26-14-17-41(18-15-26)36(49)50-37(2,3)4/h6-13,21,26,30-31,39,45H,1,14-20,22-23H2,2-5H3,(H,38,47)/t30-,31+/m0/s1. The van der Waals surface area contributed by atoms with Gasteiger partial charge in [-0.1, -0.05) is 36.4 Å². The lowest BCUT2D eigenvalue weighted by molar-refractivity contribution is -0.168. The first kappa shape index (κ1) is 35.0. The van der Waals surface area contributed by atoms with Gasteiger partial charge in [0.05, 0.1) is 24.2 Å². The first-order valence-electron chi connectivity index (χ1n) is 17.2.